The van der Waals surface area contributed by atoms with Crippen LogP contribution in [0.15, 0.2) is 72.9 Å². The van der Waals surface area contributed by atoms with Gasteiger partial charge in [-0.05, 0) is 70.6 Å². The molecule has 0 aliphatic rings. The minimum atomic E-state index is -0.766. The second kappa shape index (κ2) is 50.5. The van der Waals surface area contributed by atoms with E-state index in [1.54, 1.807) is 0 Å². The molecular formula is C56H96O6. The van der Waals surface area contributed by atoms with Gasteiger partial charge in [0.2, 0.25) is 0 Å². The molecule has 0 N–H and O–H groups in total. The Morgan fingerprint density at radius 2 is 0.629 bits per heavy atom. The quantitative estimate of drug-likeness (QED) is 0.0262. The van der Waals surface area contributed by atoms with Crippen molar-refractivity contribution in [2.45, 2.75) is 252 Å². The summed E-state index contributed by atoms with van der Waals surface area (Å²) in [6, 6.07) is 0. The Kier molecular flexibility index (Phi) is 47.9. The maximum atomic E-state index is 12.6. The largest absolute Gasteiger partial charge is 0.462 e. The number of unbranched alkanes of at least 4 members (excludes halogenated alkanes) is 23. The standard InChI is InChI=1S/C56H96O6/c1-4-7-10-13-15-17-18-19-20-21-22-23-24-25-26-27-28-29-30-31-32-33-34-35-36-37-38-39-41-43-46-49-55(58)61-52-53(51-60-54(57)48-45-42-12-9-6-3)62-56(59)50-47-44-40-16-14-11-8-5-2/h7,10,15,17,19-20,22-23,25-26,28-29,53H,4-6,8-9,11-14,16,18,21,24,27,30-52H2,1-3H3/b10-7-,17-15-,20-19-,23-22-,26-25-,29-28-. The molecule has 6 nitrogen and oxygen atoms in total. The summed E-state index contributed by atoms with van der Waals surface area (Å²) in [5.74, 6) is -0.894. The first-order valence-corrected chi connectivity index (χ1v) is 25.9. The van der Waals surface area contributed by atoms with Gasteiger partial charge in [0, 0.05) is 19.3 Å². The zero-order valence-corrected chi connectivity index (χ0v) is 40.6. The third kappa shape index (κ3) is 47.9. The van der Waals surface area contributed by atoms with Crippen LogP contribution in [0.1, 0.15) is 245 Å². The summed E-state index contributed by atoms with van der Waals surface area (Å²) in [7, 11) is 0. The number of allylic oxidation sites excluding steroid dienone is 12. The van der Waals surface area contributed by atoms with Gasteiger partial charge < -0.3 is 14.2 Å². The van der Waals surface area contributed by atoms with Crippen molar-refractivity contribution >= 4 is 17.9 Å². The summed E-state index contributed by atoms with van der Waals surface area (Å²) < 4.78 is 16.6. The van der Waals surface area contributed by atoms with Crippen molar-refractivity contribution in [2.24, 2.45) is 0 Å². The first-order valence-electron chi connectivity index (χ1n) is 25.9. The molecule has 0 fully saturated rings. The third-order valence-electron chi connectivity index (χ3n) is 11.0. The Labute approximate surface area is 382 Å². The summed E-state index contributed by atoms with van der Waals surface area (Å²) in [5.41, 5.74) is 0. The van der Waals surface area contributed by atoms with Crippen LogP contribution in [-0.4, -0.2) is 37.2 Å². The molecule has 0 spiro atoms. The molecular weight excluding hydrogens is 769 g/mol. The van der Waals surface area contributed by atoms with Gasteiger partial charge in [-0.15, -0.1) is 0 Å². The van der Waals surface area contributed by atoms with Gasteiger partial charge in [0.1, 0.15) is 13.2 Å². The lowest BCUT2D eigenvalue weighted by atomic mass is 10.0. The molecule has 0 heterocycles. The average molecular weight is 865 g/mol. The Morgan fingerprint density at radius 1 is 0.339 bits per heavy atom. The zero-order chi connectivity index (χ0) is 45.1. The predicted molar refractivity (Wildman–Crippen MR) is 265 cm³/mol. The summed E-state index contributed by atoms with van der Waals surface area (Å²) in [6.45, 7) is 6.40. The first kappa shape index (κ1) is 58.9. The number of hydrogen-bond donors (Lipinski definition) is 0. The van der Waals surface area contributed by atoms with Gasteiger partial charge in [-0.25, -0.2) is 0 Å². The van der Waals surface area contributed by atoms with Gasteiger partial charge in [-0.1, -0.05) is 229 Å². The zero-order valence-electron chi connectivity index (χ0n) is 40.6. The molecule has 0 saturated carbocycles. The van der Waals surface area contributed by atoms with Gasteiger partial charge in [0.05, 0.1) is 0 Å². The lowest BCUT2D eigenvalue weighted by molar-refractivity contribution is -0.167. The molecule has 1 unspecified atom stereocenters. The van der Waals surface area contributed by atoms with E-state index in [1.165, 1.54) is 103 Å². The van der Waals surface area contributed by atoms with Crippen LogP contribution in [0.4, 0.5) is 0 Å². The number of esters is 3. The third-order valence-corrected chi connectivity index (χ3v) is 11.0. The van der Waals surface area contributed by atoms with E-state index >= 15 is 0 Å². The maximum Gasteiger partial charge on any atom is 0.306 e. The maximum absolute atomic E-state index is 12.6. The van der Waals surface area contributed by atoms with E-state index in [0.717, 1.165) is 103 Å². The molecule has 0 saturated heterocycles. The highest BCUT2D eigenvalue weighted by atomic mass is 16.6. The van der Waals surface area contributed by atoms with E-state index in [4.69, 9.17) is 14.2 Å². The number of ether oxygens (including phenoxy) is 3. The van der Waals surface area contributed by atoms with Crippen molar-refractivity contribution in [3.05, 3.63) is 72.9 Å². The molecule has 1 atom stereocenters. The molecule has 6 heteroatoms. The van der Waals surface area contributed by atoms with E-state index in [-0.39, 0.29) is 31.1 Å². The number of carbonyl (C=O) groups is 3. The molecule has 0 rings (SSSR count). The van der Waals surface area contributed by atoms with E-state index < -0.39 is 6.10 Å². The summed E-state index contributed by atoms with van der Waals surface area (Å²) in [6.07, 6.45) is 63.8. The monoisotopic (exact) mass is 865 g/mol. The minimum absolute atomic E-state index is 0.0741. The fourth-order valence-corrected chi connectivity index (χ4v) is 7.09. The number of hydrogen-bond acceptors (Lipinski definition) is 6. The number of rotatable bonds is 46. The summed E-state index contributed by atoms with van der Waals surface area (Å²) in [5, 5.41) is 0. The van der Waals surface area contributed by atoms with E-state index in [1.807, 2.05) is 0 Å². The molecule has 0 amide bonds. The van der Waals surface area contributed by atoms with Crippen molar-refractivity contribution in [2.75, 3.05) is 13.2 Å². The van der Waals surface area contributed by atoms with E-state index in [2.05, 4.69) is 93.7 Å². The fraction of sp³-hybridized carbons (Fsp3) is 0.732. The van der Waals surface area contributed by atoms with Crippen LogP contribution in [0, 0.1) is 0 Å². The van der Waals surface area contributed by atoms with Crippen LogP contribution >= 0.6 is 0 Å². The Morgan fingerprint density at radius 3 is 0.984 bits per heavy atom. The molecule has 0 aromatic carbocycles. The van der Waals surface area contributed by atoms with Crippen molar-refractivity contribution in [1.82, 2.24) is 0 Å². The normalized spacial score (nSPS) is 12.6. The summed E-state index contributed by atoms with van der Waals surface area (Å²) in [4.78, 5) is 37.4. The summed E-state index contributed by atoms with van der Waals surface area (Å²) >= 11 is 0. The lowest BCUT2D eigenvalue weighted by Crippen LogP contribution is -2.30. The average Bonchev–Trinajstić information content (AvgIpc) is 3.27. The predicted octanol–water partition coefficient (Wildman–Crippen LogP) is 17.0. The van der Waals surface area contributed by atoms with Crippen molar-refractivity contribution in [1.29, 1.82) is 0 Å². The highest BCUT2D eigenvalue weighted by Crippen LogP contribution is 2.15. The van der Waals surface area contributed by atoms with Gasteiger partial charge in [0.15, 0.2) is 6.10 Å². The topological polar surface area (TPSA) is 78.9 Å². The Hall–Kier alpha value is -3.15. The van der Waals surface area contributed by atoms with Gasteiger partial charge >= 0.3 is 17.9 Å². The molecule has 0 aromatic rings. The van der Waals surface area contributed by atoms with E-state index in [9.17, 15) is 14.4 Å². The first-order chi connectivity index (χ1) is 30.5. The second-order valence-electron chi connectivity index (χ2n) is 17.1. The van der Waals surface area contributed by atoms with Crippen LogP contribution in [-0.2, 0) is 28.6 Å². The molecule has 356 valence electrons. The molecule has 0 aromatic heterocycles. The van der Waals surface area contributed by atoms with Crippen molar-refractivity contribution in [3.8, 4) is 0 Å². The second-order valence-corrected chi connectivity index (χ2v) is 17.1. The molecule has 0 aliphatic heterocycles. The van der Waals surface area contributed by atoms with Gasteiger partial charge in [0.25, 0.3) is 0 Å². The Bertz CT molecular complexity index is 1180. The smallest absolute Gasteiger partial charge is 0.306 e. The SMILES string of the molecule is CC/C=C\C/C=C\C/C=C\C/C=C\C/C=C\C/C=C\CCCCCCCCCCCCCCC(=O)OCC(COC(=O)CCCCCCC)OC(=O)CCCCCCCCCC. The molecule has 62 heavy (non-hydrogen) atoms. The van der Waals surface area contributed by atoms with Crippen LogP contribution in [0.5, 0.6) is 0 Å². The van der Waals surface area contributed by atoms with Crippen LogP contribution in [0.2, 0.25) is 0 Å². The van der Waals surface area contributed by atoms with Crippen LogP contribution in [0.25, 0.3) is 0 Å². The fourth-order valence-electron chi connectivity index (χ4n) is 7.09. The van der Waals surface area contributed by atoms with Crippen molar-refractivity contribution in [3.63, 3.8) is 0 Å². The number of carbonyl (C=O) groups excluding carboxylic acids is 3. The van der Waals surface area contributed by atoms with Gasteiger partial charge in [-0.3, -0.25) is 14.4 Å². The molecule has 0 aliphatic carbocycles. The molecule has 0 radical (unpaired) electrons. The lowest BCUT2D eigenvalue weighted by Gasteiger charge is -2.18. The van der Waals surface area contributed by atoms with Gasteiger partial charge in [-0.2, -0.15) is 0 Å². The molecule has 0 bridgehead atoms. The van der Waals surface area contributed by atoms with Crippen LogP contribution < -0.4 is 0 Å². The van der Waals surface area contributed by atoms with Crippen LogP contribution in [0.3, 0.4) is 0 Å². The van der Waals surface area contributed by atoms with Crippen molar-refractivity contribution < 1.29 is 28.6 Å². The highest BCUT2D eigenvalue weighted by molar-refractivity contribution is 5.71. The minimum Gasteiger partial charge on any atom is -0.462 e. The van der Waals surface area contributed by atoms with E-state index in [0.29, 0.717) is 19.3 Å². The Balaban J connectivity index is 3.93. The highest BCUT2D eigenvalue weighted by Gasteiger charge is 2.19.